The Morgan fingerprint density at radius 3 is 1.11 bits per heavy atom. The number of unbranched alkanes of at least 4 members (excludes halogenated alkanes) is 44. The zero-order chi connectivity index (χ0) is 52.7. The summed E-state index contributed by atoms with van der Waals surface area (Å²) in [6, 6.07) is -0.861. The van der Waals surface area contributed by atoms with E-state index in [4.69, 9.17) is 9.05 Å². The third kappa shape index (κ3) is 56.7. The highest BCUT2D eigenvalue weighted by Crippen LogP contribution is 2.43. The van der Waals surface area contributed by atoms with Gasteiger partial charge in [0.05, 0.1) is 39.9 Å². The van der Waals surface area contributed by atoms with Crippen LogP contribution in [-0.2, 0) is 18.4 Å². The second kappa shape index (κ2) is 54.8. The molecule has 9 heteroatoms. The molecule has 0 aromatic heterocycles. The maximum atomic E-state index is 13.0. The van der Waals surface area contributed by atoms with Crippen molar-refractivity contribution in [2.24, 2.45) is 0 Å². The summed E-state index contributed by atoms with van der Waals surface area (Å²) in [6.45, 7) is 4.85. The topological polar surface area (TPSA) is 105 Å². The highest BCUT2D eigenvalue weighted by atomic mass is 31.2. The Bertz CT molecular complexity index is 1220. The molecule has 0 heterocycles. The van der Waals surface area contributed by atoms with E-state index in [0.29, 0.717) is 17.4 Å². The van der Waals surface area contributed by atoms with Crippen LogP contribution in [0.2, 0.25) is 0 Å². The van der Waals surface area contributed by atoms with E-state index in [9.17, 15) is 19.4 Å². The first-order valence-electron chi connectivity index (χ1n) is 31.7. The fraction of sp³-hybridized carbons (Fsp3) is 0.921. The molecule has 0 radical (unpaired) electrons. The number of nitrogens with zero attached hydrogens (tertiary/aromatic N) is 1. The van der Waals surface area contributed by atoms with Crippen LogP contribution in [0.5, 0.6) is 0 Å². The molecule has 3 N–H and O–H groups in total. The Morgan fingerprint density at radius 1 is 0.458 bits per heavy atom. The molecular weight excluding hydrogens is 912 g/mol. The number of carbonyl (C=O) groups is 1. The second-order valence-electron chi connectivity index (χ2n) is 23.1. The lowest BCUT2D eigenvalue weighted by atomic mass is 10.0. The van der Waals surface area contributed by atoms with Gasteiger partial charge >= 0.3 is 7.82 Å². The summed E-state index contributed by atoms with van der Waals surface area (Å²) in [5.74, 6) is -0.179. The Labute approximate surface area is 449 Å². The fourth-order valence-corrected chi connectivity index (χ4v) is 10.4. The molecule has 428 valence electrons. The average molecular weight is 1040 g/mol. The molecule has 0 bridgehead atoms. The minimum absolute atomic E-state index is 0.0590. The molecule has 0 saturated heterocycles. The van der Waals surface area contributed by atoms with E-state index in [0.717, 1.165) is 38.5 Å². The number of amides is 1. The number of allylic oxidation sites excluding steroid dienone is 3. The first-order chi connectivity index (χ1) is 35.0. The number of phosphoric ester groups is 1. The minimum atomic E-state index is -4.36. The van der Waals surface area contributed by atoms with Gasteiger partial charge < -0.3 is 19.8 Å². The van der Waals surface area contributed by atoms with Gasteiger partial charge in [-0.3, -0.25) is 13.8 Å². The zero-order valence-corrected chi connectivity index (χ0v) is 49.8. The van der Waals surface area contributed by atoms with Crippen molar-refractivity contribution in [1.82, 2.24) is 5.32 Å². The second-order valence-corrected chi connectivity index (χ2v) is 24.6. The van der Waals surface area contributed by atoms with E-state index in [1.165, 1.54) is 263 Å². The number of carbonyl (C=O) groups excluding carboxylic acids is 1. The van der Waals surface area contributed by atoms with Crippen molar-refractivity contribution in [3.05, 3.63) is 24.3 Å². The molecule has 0 aliphatic heterocycles. The summed E-state index contributed by atoms with van der Waals surface area (Å²) >= 11 is 0. The van der Waals surface area contributed by atoms with Gasteiger partial charge in [0.2, 0.25) is 5.91 Å². The molecular formula is C63H126N2O6P+. The third-order valence-corrected chi connectivity index (χ3v) is 15.7. The lowest BCUT2D eigenvalue weighted by Gasteiger charge is -2.25. The number of likely N-dealkylation sites (N-methyl/N-ethyl adjacent to an activating group) is 1. The predicted octanol–water partition coefficient (Wildman–Crippen LogP) is 19.5. The maximum Gasteiger partial charge on any atom is 0.472 e. The Kier molecular flexibility index (Phi) is 54.0. The normalized spacial score (nSPS) is 13.9. The average Bonchev–Trinajstić information content (AvgIpc) is 3.34. The number of quaternary nitrogens is 1. The smallest absolute Gasteiger partial charge is 0.387 e. The minimum Gasteiger partial charge on any atom is -0.387 e. The molecule has 1 amide bonds. The number of hydrogen-bond acceptors (Lipinski definition) is 5. The summed E-state index contributed by atoms with van der Waals surface area (Å²) in [5.41, 5.74) is 0. The molecule has 0 spiro atoms. The van der Waals surface area contributed by atoms with Crippen LogP contribution in [0.1, 0.15) is 322 Å². The van der Waals surface area contributed by atoms with E-state index in [-0.39, 0.29) is 19.1 Å². The van der Waals surface area contributed by atoms with Gasteiger partial charge in [-0.25, -0.2) is 4.57 Å². The van der Waals surface area contributed by atoms with Gasteiger partial charge in [0.15, 0.2) is 0 Å². The molecule has 3 atom stereocenters. The number of nitrogens with one attached hydrogen (secondary N) is 1. The van der Waals surface area contributed by atoms with Crippen molar-refractivity contribution < 1.29 is 32.9 Å². The number of hydrogen-bond donors (Lipinski definition) is 3. The largest absolute Gasteiger partial charge is 0.472 e. The number of phosphoric acid groups is 1. The summed E-state index contributed by atoms with van der Waals surface area (Å²) in [4.78, 5) is 23.3. The molecule has 8 nitrogen and oxygen atoms in total. The van der Waals surface area contributed by atoms with Crippen molar-refractivity contribution in [3.63, 3.8) is 0 Å². The van der Waals surface area contributed by atoms with Gasteiger partial charge in [-0.1, -0.05) is 308 Å². The van der Waals surface area contributed by atoms with E-state index < -0.39 is 20.0 Å². The monoisotopic (exact) mass is 1040 g/mol. The lowest BCUT2D eigenvalue weighted by molar-refractivity contribution is -0.870. The third-order valence-electron chi connectivity index (χ3n) is 14.7. The van der Waals surface area contributed by atoms with Crippen molar-refractivity contribution in [2.75, 3.05) is 40.9 Å². The van der Waals surface area contributed by atoms with Crippen molar-refractivity contribution in [3.8, 4) is 0 Å². The quantitative estimate of drug-likeness (QED) is 0.0243. The van der Waals surface area contributed by atoms with Crippen LogP contribution in [0.4, 0.5) is 0 Å². The van der Waals surface area contributed by atoms with E-state index in [1.54, 1.807) is 6.08 Å². The number of aliphatic hydroxyl groups excluding tert-OH is 1. The summed E-state index contributed by atoms with van der Waals surface area (Å²) in [7, 11) is 1.57. The lowest BCUT2D eigenvalue weighted by Crippen LogP contribution is -2.45. The first kappa shape index (κ1) is 71.0. The Morgan fingerprint density at radius 2 is 0.764 bits per heavy atom. The molecule has 3 unspecified atom stereocenters. The SMILES string of the molecule is CCCCCCCCCCCCCCCCCCCCCC/C=C/CC/C=C/C(O)C(COP(=O)(O)OCC[N+](C)(C)C)NC(=O)CCCCCCCCCCCCCCCCCCCCCCCCCC. The molecule has 0 aromatic carbocycles. The van der Waals surface area contributed by atoms with E-state index in [1.807, 2.05) is 27.2 Å². The van der Waals surface area contributed by atoms with Crippen LogP contribution in [0, 0.1) is 0 Å². The van der Waals surface area contributed by atoms with Gasteiger partial charge in [0, 0.05) is 6.42 Å². The molecule has 72 heavy (non-hydrogen) atoms. The van der Waals surface area contributed by atoms with Crippen molar-refractivity contribution >= 4 is 13.7 Å². The van der Waals surface area contributed by atoms with Crippen LogP contribution in [0.3, 0.4) is 0 Å². The van der Waals surface area contributed by atoms with E-state index in [2.05, 4.69) is 31.3 Å². The first-order valence-corrected chi connectivity index (χ1v) is 33.2. The fourth-order valence-electron chi connectivity index (χ4n) is 9.71. The number of rotatable bonds is 59. The van der Waals surface area contributed by atoms with Gasteiger partial charge in [0.25, 0.3) is 0 Å². The van der Waals surface area contributed by atoms with Crippen LogP contribution in [-0.4, -0.2) is 73.4 Å². The summed E-state index contributed by atoms with van der Waals surface area (Å²) in [6.07, 6.45) is 70.2. The number of aliphatic hydroxyl groups is 1. The summed E-state index contributed by atoms with van der Waals surface area (Å²) < 4.78 is 23.8. The zero-order valence-electron chi connectivity index (χ0n) is 48.9. The highest BCUT2D eigenvalue weighted by molar-refractivity contribution is 7.47. The molecule has 0 aliphatic rings. The highest BCUT2D eigenvalue weighted by Gasteiger charge is 2.27. The molecule has 0 saturated carbocycles. The van der Waals surface area contributed by atoms with Gasteiger partial charge in [-0.2, -0.15) is 0 Å². The summed E-state index contributed by atoms with van der Waals surface area (Å²) in [5, 5.41) is 14.0. The molecule has 0 aliphatic carbocycles. The Hall–Kier alpha value is -1.02. The van der Waals surface area contributed by atoms with Crippen LogP contribution >= 0.6 is 7.82 Å². The molecule has 0 fully saturated rings. The standard InChI is InChI=1S/C63H125N2O6P/c1-6-8-10-12-14-16-18-20-22-24-26-28-30-32-33-34-36-38-40-42-44-46-48-50-52-54-56-62(66)61(60-71-72(68,69)70-59-58-65(3,4)5)64-63(67)57-55-53-51-49-47-45-43-41-39-37-35-31-29-27-25-23-21-19-17-15-13-11-9-7-2/h46,48,54,56,61-62,66H,6-45,47,49-53,55,57-60H2,1-5H3,(H-,64,67,68,69)/p+1/b48-46+,56-54+. The van der Waals surface area contributed by atoms with E-state index >= 15 is 0 Å². The van der Waals surface area contributed by atoms with Crippen molar-refractivity contribution in [2.45, 2.75) is 334 Å². The van der Waals surface area contributed by atoms with Crippen LogP contribution < -0.4 is 5.32 Å². The Balaban J connectivity index is 4.16. The van der Waals surface area contributed by atoms with Crippen LogP contribution in [0.15, 0.2) is 24.3 Å². The maximum absolute atomic E-state index is 13.0. The van der Waals surface area contributed by atoms with Crippen LogP contribution in [0.25, 0.3) is 0 Å². The van der Waals surface area contributed by atoms with Crippen molar-refractivity contribution in [1.29, 1.82) is 0 Å². The van der Waals surface area contributed by atoms with Gasteiger partial charge in [-0.15, -0.1) is 0 Å². The predicted molar refractivity (Wildman–Crippen MR) is 314 cm³/mol. The van der Waals surface area contributed by atoms with Gasteiger partial charge in [0.1, 0.15) is 13.2 Å². The molecule has 0 rings (SSSR count). The van der Waals surface area contributed by atoms with Gasteiger partial charge in [-0.05, 0) is 32.1 Å². The molecule has 0 aromatic rings.